The number of nitrogens with one attached hydrogen (secondary N) is 1. The van der Waals surface area contributed by atoms with Gasteiger partial charge in [-0.3, -0.25) is 4.79 Å². The third-order valence-electron chi connectivity index (χ3n) is 2.32. The van der Waals surface area contributed by atoms with Crippen LogP contribution in [0, 0.1) is 4.64 Å². The Labute approximate surface area is 105 Å². The first-order valence-corrected chi connectivity index (χ1v) is 5.63. The lowest BCUT2D eigenvalue weighted by molar-refractivity contribution is 0.104. The molecule has 0 unspecified atom stereocenters. The molecule has 0 aliphatic heterocycles. The lowest BCUT2D eigenvalue weighted by Crippen LogP contribution is -1.92. The average molecular weight is 241 g/mol. The first-order chi connectivity index (χ1) is 8.27. The highest BCUT2D eigenvalue weighted by Gasteiger charge is 1.99. The number of allylic oxidation sites excluding steroid dienone is 1. The van der Waals surface area contributed by atoms with E-state index in [1.54, 1.807) is 24.4 Å². The van der Waals surface area contributed by atoms with Crippen LogP contribution in [0.3, 0.4) is 0 Å². The number of rotatable bonds is 3. The van der Waals surface area contributed by atoms with Gasteiger partial charge in [-0.05, 0) is 18.2 Å². The SMILES string of the molecule is O=C(/C=C/c1ccc[nH]c1=S)c1ccccc1. The van der Waals surface area contributed by atoms with Crippen molar-refractivity contribution in [1.29, 1.82) is 0 Å². The third kappa shape index (κ3) is 2.98. The van der Waals surface area contributed by atoms with Crippen LogP contribution in [0.25, 0.3) is 6.08 Å². The highest BCUT2D eigenvalue weighted by molar-refractivity contribution is 7.71. The monoisotopic (exact) mass is 241 g/mol. The van der Waals surface area contributed by atoms with E-state index in [4.69, 9.17) is 12.2 Å². The van der Waals surface area contributed by atoms with Crippen LogP contribution in [0.2, 0.25) is 0 Å². The normalized spacial score (nSPS) is 10.6. The van der Waals surface area contributed by atoms with Crippen molar-refractivity contribution in [2.75, 3.05) is 0 Å². The quantitative estimate of drug-likeness (QED) is 0.505. The highest BCUT2D eigenvalue weighted by Crippen LogP contribution is 2.05. The number of ketones is 1. The molecule has 0 aliphatic carbocycles. The Morgan fingerprint density at radius 1 is 1.12 bits per heavy atom. The van der Waals surface area contributed by atoms with Crippen molar-refractivity contribution in [1.82, 2.24) is 4.98 Å². The van der Waals surface area contributed by atoms with Crippen LogP contribution in [-0.2, 0) is 0 Å². The number of hydrogen-bond donors (Lipinski definition) is 1. The van der Waals surface area contributed by atoms with Crippen LogP contribution in [0.5, 0.6) is 0 Å². The number of hydrogen-bond acceptors (Lipinski definition) is 2. The van der Waals surface area contributed by atoms with E-state index in [1.807, 2.05) is 30.3 Å². The molecule has 0 spiro atoms. The molecule has 0 fully saturated rings. The Hall–Kier alpha value is -2.00. The lowest BCUT2D eigenvalue weighted by Gasteiger charge is -1.95. The second-order valence-electron chi connectivity index (χ2n) is 3.52. The fourth-order valence-electron chi connectivity index (χ4n) is 1.43. The van der Waals surface area contributed by atoms with Crippen molar-refractivity contribution in [2.24, 2.45) is 0 Å². The number of carbonyl (C=O) groups is 1. The van der Waals surface area contributed by atoms with Gasteiger partial charge in [0.1, 0.15) is 4.64 Å². The molecule has 0 atom stereocenters. The van der Waals surface area contributed by atoms with E-state index < -0.39 is 0 Å². The van der Waals surface area contributed by atoms with E-state index in [1.165, 1.54) is 6.08 Å². The maximum absolute atomic E-state index is 11.8. The van der Waals surface area contributed by atoms with E-state index >= 15 is 0 Å². The number of aromatic amines is 1. The van der Waals surface area contributed by atoms with Gasteiger partial charge < -0.3 is 4.98 Å². The number of benzene rings is 1. The number of carbonyl (C=O) groups excluding carboxylic acids is 1. The molecule has 1 aromatic heterocycles. The van der Waals surface area contributed by atoms with Gasteiger partial charge in [-0.15, -0.1) is 0 Å². The summed E-state index contributed by atoms with van der Waals surface area (Å²) in [6.07, 6.45) is 5.03. The van der Waals surface area contributed by atoms with Crippen molar-refractivity contribution in [3.63, 3.8) is 0 Å². The van der Waals surface area contributed by atoms with Crippen molar-refractivity contribution in [3.8, 4) is 0 Å². The van der Waals surface area contributed by atoms with Crippen LogP contribution < -0.4 is 0 Å². The van der Waals surface area contributed by atoms with E-state index in [2.05, 4.69) is 4.98 Å². The maximum Gasteiger partial charge on any atom is 0.185 e. The Morgan fingerprint density at radius 2 is 1.88 bits per heavy atom. The van der Waals surface area contributed by atoms with Gasteiger partial charge in [-0.1, -0.05) is 48.6 Å². The number of pyridine rings is 1. The minimum Gasteiger partial charge on any atom is -0.352 e. The zero-order valence-electron chi connectivity index (χ0n) is 9.09. The van der Waals surface area contributed by atoms with Gasteiger partial charge in [0, 0.05) is 17.3 Å². The van der Waals surface area contributed by atoms with Gasteiger partial charge in [0.25, 0.3) is 0 Å². The van der Waals surface area contributed by atoms with Crippen LogP contribution in [0.1, 0.15) is 15.9 Å². The molecule has 0 saturated heterocycles. The van der Waals surface area contributed by atoms with Crippen molar-refractivity contribution in [3.05, 3.63) is 70.5 Å². The summed E-state index contributed by atoms with van der Waals surface area (Å²) >= 11 is 5.10. The summed E-state index contributed by atoms with van der Waals surface area (Å²) in [5, 5.41) is 0. The van der Waals surface area contributed by atoms with E-state index in [0.717, 1.165) is 5.56 Å². The Balaban J connectivity index is 2.20. The van der Waals surface area contributed by atoms with Crippen LogP contribution >= 0.6 is 12.2 Å². The molecule has 2 nitrogen and oxygen atoms in total. The lowest BCUT2D eigenvalue weighted by atomic mass is 10.1. The molecular weight excluding hydrogens is 230 g/mol. The molecule has 17 heavy (non-hydrogen) atoms. The Morgan fingerprint density at radius 3 is 2.59 bits per heavy atom. The fourth-order valence-corrected chi connectivity index (χ4v) is 1.63. The minimum absolute atomic E-state index is 0.0242. The predicted molar refractivity (Wildman–Crippen MR) is 71.4 cm³/mol. The summed E-state index contributed by atoms with van der Waals surface area (Å²) in [6.45, 7) is 0. The summed E-state index contributed by atoms with van der Waals surface area (Å²) in [4.78, 5) is 14.7. The zero-order valence-corrected chi connectivity index (χ0v) is 9.91. The first-order valence-electron chi connectivity index (χ1n) is 5.22. The zero-order chi connectivity index (χ0) is 12.1. The van der Waals surface area contributed by atoms with E-state index in [-0.39, 0.29) is 5.78 Å². The van der Waals surface area contributed by atoms with E-state index in [0.29, 0.717) is 10.2 Å². The molecular formula is C14H11NOS. The van der Waals surface area contributed by atoms with Gasteiger partial charge in [0.05, 0.1) is 0 Å². The van der Waals surface area contributed by atoms with Crippen molar-refractivity contribution >= 4 is 24.1 Å². The van der Waals surface area contributed by atoms with Crippen LogP contribution in [0.4, 0.5) is 0 Å². The van der Waals surface area contributed by atoms with Crippen molar-refractivity contribution in [2.45, 2.75) is 0 Å². The molecule has 2 aromatic rings. The van der Waals surface area contributed by atoms with Gasteiger partial charge in [0.2, 0.25) is 0 Å². The molecule has 0 bridgehead atoms. The largest absolute Gasteiger partial charge is 0.352 e. The van der Waals surface area contributed by atoms with E-state index in [9.17, 15) is 4.79 Å². The summed E-state index contributed by atoms with van der Waals surface area (Å²) in [5.74, 6) is -0.0242. The van der Waals surface area contributed by atoms with Gasteiger partial charge in [0.15, 0.2) is 5.78 Å². The molecule has 1 aromatic carbocycles. The van der Waals surface area contributed by atoms with Crippen LogP contribution in [-0.4, -0.2) is 10.8 Å². The molecule has 3 heteroatoms. The molecule has 0 aliphatic rings. The summed E-state index contributed by atoms with van der Waals surface area (Å²) < 4.78 is 0.629. The highest BCUT2D eigenvalue weighted by atomic mass is 32.1. The molecule has 0 saturated carbocycles. The Bertz CT molecular complexity index is 599. The van der Waals surface area contributed by atoms with Crippen LogP contribution in [0.15, 0.2) is 54.7 Å². The minimum atomic E-state index is -0.0242. The number of H-pyrrole nitrogens is 1. The molecule has 2 rings (SSSR count). The Kier molecular flexibility index (Phi) is 3.62. The number of aromatic nitrogens is 1. The predicted octanol–water partition coefficient (Wildman–Crippen LogP) is 3.64. The fraction of sp³-hybridized carbons (Fsp3) is 0. The average Bonchev–Trinajstić information content (AvgIpc) is 2.38. The second kappa shape index (κ2) is 5.37. The smallest absolute Gasteiger partial charge is 0.185 e. The first kappa shape index (κ1) is 11.5. The van der Waals surface area contributed by atoms with Gasteiger partial charge in [-0.25, -0.2) is 0 Å². The molecule has 84 valence electrons. The van der Waals surface area contributed by atoms with Gasteiger partial charge >= 0.3 is 0 Å². The van der Waals surface area contributed by atoms with Crippen molar-refractivity contribution < 1.29 is 4.79 Å². The second-order valence-corrected chi connectivity index (χ2v) is 3.93. The topological polar surface area (TPSA) is 32.9 Å². The molecule has 1 heterocycles. The molecule has 0 amide bonds. The standard InChI is InChI=1S/C14H11NOS/c16-13(11-5-2-1-3-6-11)9-8-12-7-4-10-15-14(12)17/h1-10H,(H,15,17)/b9-8+. The molecule has 0 radical (unpaired) electrons. The maximum atomic E-state index is 11.8. The van der Waals surface area contributed by atoms with Gasteiger partial charge in [-0.2, -0.15) is 0 Å². The summed E-state index contributed by atoms with van der Waals surface area (Å²) in [6, 6.07) is 12.9. The third-order valence-corrected chi connectivity index (χ3v) is 2.67. The summed E-state index contributed by atoms with van der Waals surface area (Å²) in [7, 11) is 0. The summed E-state index contributed by atoms with van der Waals surface area (Å²) in [5.41, 5.74) is 1.52. The molecule has 1 N–H and O–H groups in total.